The summed E-state index contributed by atoms with van der Waals surface area (Å²) in [7, 11) is 1.39. The van der Waals surface area contributed by atoms with Crippen LogP contribution in [0.4, 0.5) is 4.79 Å². The number of nitrogens with zero attached hydrogens (tertiary/aromatic N) is 1. The molecule has 0 radical (unpaired) electrons. The van der Waals surface area contributed by atoms with E-state index in [9.17, 15) is 9.59 Å². The maximum atomic E-state index is 13.8. The van der Waals surface area contributed by atoms with Gasteiger partial charge >= 0.3 is 12.1 Å². The van der Waals surface area contributed by atoms with Gasteiger partial charge < -0.3 is 14.2 Å². The van der Waals surface area contributed by atoms with Crippen molar-refractivity contribution in [1.29, 1.82) is 0 Å². The third kappa shape index (κ3) is 6.13. The third-order valence-corrected chi connectivity index (χ3v) is 7.93. The second-order valence-corrected chi connectivity index (χ2v) is 12.0. The van der Waals surface area contributed by atoms with Crippen molar-refractivity contribution in [2.45, 2.75) is 64.7 Å². The number of esters is 1. The van der Waals surface area contributed by atoms with E-state index in [1.165, 1.54) is 7.11 Å². The summed E-state index contributed by atoms with van der Waals surface area (Å²) in [6, 6.07) is 27.8. The molecule has 0 N–H and O–H groups in total. The van der Waals surface area contributed by atoms with Crippen LogP contribution in [0.1, 0.15) is 78.7 Å². The Balaban J connectivity index is 1.53. The highest BCUT2D eigenvalue weighted by atomic mass is 16.6. The molecule has 1 heterocycles. The first-order valence-corrected chi connectivity index (χ1v) is 14.5. The fourth-order valence-electron chi connectivity index (χ4n) is 5.87. The summed E-state index contributed by atoms with van der Waals surface area (Å²) in [6.45, 7) is 10.1. The van der Waals surface area contributed by atoms with Crippen LogP contribution >= 0.6 is 0 Å². The summed E-state index contributed by atoms with van der Waals surface area (Å²) in [4.78, 5) is 28.0. The SMILES string of the molecule is COC(=O)c1ccc(C)c(C2C[C@H](CN(C(=O)OC(C)(C)C)[C@H](C)c3cccc4ccccc34)Oc3ccccc32)c1. The van der Waals surface area contributed by atoms with Gasteiger partial charge in [0.2, 0.25) is 0 Å². The predicted octanol–water partition coefficient (Wildman–Crippen LogP) is 8.22. The molecule has 218 valence electrons. The third-order valence-electron chi connectivity index (χ3n) is 7.93. The van der Waals surface area contributed by atoms with Crippen LogP contribution < -0.4 is 4.74 Å². The zero-order valence-electron chi connectivity index (χ0n) is 25.2. The van der Waals surface area contributed by atoms with Crippen LogP contribution in [0.25, 0.3) is 10.8 Å². The summed E-state index contributed by atoms with van der Waals surface area (Å²) in [5.41, 5.74) is 4.10. The van der Waals surface area contributed by atoms with Gasteiger partial charge in [-0.05, 0) is 86.7 Å². The van der Waals surface area contributed by atoms with Crippen molar-refractivity contribution in [1.82, 2.24) is 4.90 Å². The predicted molar refractivity (Wildman–Crippen MR) is 165 cm³/mol. The van der Waals surface area contributed by atoms with Crippen LogP contribution in [-0.4, -0.2) is 42.3 Å². The number of carbonyl (C=O) groups is 2. The topological polar surface area (TPSA) is 65.1 Å². The van der Waals surface area contributed by atoms with Crippen molar-refractivity contribution in [2.24, 2.45) is 0 Å². The van der Waals surface area contributed by atoms with Gasteiger partial charge in [0, 0.05) is 11.5 Å². The number of hydrogen-bond acceptors (Lipinski definition) is 5. The quantitative estimate of drug-likeness (QED) is 0.220. The number of ether oxygens (including phenoxy) is 3. The zero-order chi connectivity index (χ0) is 30.0. The first-order chi connectivity index (χ1) is 20.1. The van der Waals surface area contributed by atoms with E-state index in [-0.39, 0.29) is 30.1 Å². The molecule has 4 aromatic carbocycles. The Morgan fingerprint density at radius 1 is 0.952 bits per heavy atom. The second kappa shape index (κ2) is 11.9. The zero-order valence-corrected chi connectivity index (χ0v) is 25.2. The molecule has 3 atom stereocenters. The van der Waals surface area contributed by atoms with E-state index in [4.69, 9.17) is 14.2 Å². The Morgan fingerprint density at radius 3 is 2.43 bits per heavy atom. The van der Waals surface area contributed by atoms with Crippen molar-refractivity contribution in [3.8, 4) is 5.75 Å². The van der Waals surface area contributed by atoms with E-state index in [2.05, 4.69) is 37.3 Å². The summed E-state index contributed by atoms with van der Waals surface area (Å²) >= 11 is 0. The molecule has 0 spiro atoms. The highest BCUT2D eigenvalue weighted by molar-refractivity contribution is 5.89. The van der Waals surface area contributed by atoms with Gasteiger partial charge in [-0.1, -0.05) is 66.7 Å². The summed E-state index contributed by atoms with van der Waals surface area (Å²) in [5, 5.41) is 2.22. The molecule has 0 saturated heterocycles. The number of methoxy groups -OCH3 is 1. The lowest BCUT2D eigenvalue weighted by atomic mass is 9.81. The molecule has 1 amide bonds. The van der Waals surface area contributed by atoms with Crippen molar-refractivity contribution in [3.63, 3.8) is 0 Å². The lowest BCUT2D eigenvalue weighted by Gasteiger charge is -2.38. The molecule has 0 saturated carbocycles. The molecule has 1 aliphatic heterocycles. The monoisotopic (exact) mass is 565 g/mol. The summed E-state index contributed by atoms with van der Waals surface area (Å²) in [5.74, 6) is 0.384. The first-order valence-electron chi connectivity index (χ1n) is 14.5. The van der Waals surface area contributed by atoms with Crippen LogP contribution in [0.2, 0.25) is 0 Å². The first kappa shape index (κ1) is 29.2. The summed E-state index contributed by atoms with van der Waals surface area (Å²) < 4.78 is 17.5. The van der Waals surface area contributed by atoms with Gasteiger partial charge in [0.25, 0.3) is 0 Å². The van der Waals surface area contributed by atoms with Crippen molar-refractivity contribution in [2.75, 3.05) is 13.7 Å². The molecule has 0 aliphatic carbocycles. The molecule has 4 aromatic rings. The molecular weight excluding hydrogens is 526 g/mol. The average Bonchev–Trinajstić information content (AvgIpc) is 2.97. The second-order valence-electron chi connectivity index (χ2n) is 12.0. The number of fused-ring (bicyclic) bond motifs is 2. The van der Waals surface area contributed by atoms with Gasteiger partial charge in [-0.25, -0.2) is 9.59 Å². The number of para-hydroxylation sites is 1. The molecule has 0 fully saturated rings. The molecule has 6 nitrogen and oxygen atoms in total. The van der Waals surface area contributed by atoms with Gasteiger partial charge in [-0.2, -0.15) is 0 Å². The van der Waals surface area contributed by atoms with Gasteiger partial charge in [0.05, 0.1) is 25.3 Å². The minimum atomic E-state index is -0.651. The minimum absolute atomic E-state index is 0.0297. The largest absolute Gasteiger partial charge is 0.488 e. The van der Waals surface area contributed by atoms with Crippen molar-refractivity contribution >= 4 is 22.8 Å². The number of hydrogen-bond donors (Lipinski definition) is 0. The minimum Gasteiger partial charge on any atom is -0.488 e. The van der Waals surface area contributed by atoms with Crippen LogP contribution in [-0.2, 0) is 9.47 Å². The Labute approximate surface area is 248 Å². The van der Waals surface area contributed by atoms with E-state index in [1.807, 2.05) is 76.2 Å². The number of aryl methyl sites for hydroxylation is 1. The lowest BCUT2D eigenvalue weighted by Crippen LogP contribution is -2.45. The number of amides is 1. The van der Waals surface area contributed by atoms with E-state index in [1.54, 1.807) is 11.0 Å². The van der Waals surface area contributed by atoms with Crippen LogP contribution in [0.15, 0.2) is 84.9 Å². The Hall–Kier alpha value is -4.32. The van der Waals surface area contributed by atoms with Gasteiger partial charge in [0.1, 0.15) is 17.5 Å². The number of rotatable bonds is 6. The Bertz CT molecular complexity index is 1600. The van der Waals surface area contributed by atoms with Crippen LogP contribution in [0.3, 0.4) is 0 Å². The smallest absolute Gasteiger partial charge is 0.410 e. The van der Waals surface area contributed by atoms with Crippen LogP contribution in [0.5, 0.6) is 5.75 Å². The van der Waals surface area contributed by atoms with E-state index >= 15 is 0 Å². The lowest BCUT2D eigenvalue weighted by molar-refractivity contribution is 0.00568. The maximum Gasteiger partial charge on any atom is 0.410 e. The van der Waals surface area contributed by atoms with Gasteiger partial charge in [0.15, 0.2) is 0 Å². The van der Waals surface area contributed by atoms with E-state index in [0.717, 1.165) is 38.8 Å². The molecular formula is C36H39NO5. The Kier molecular flexibility index (Phi) is 8.26. The van der Waals surface area contributed by atoms with E-state index < -0.39 is 5.60 Å². The number of benzene rings is 4. The van der Waals surface area contributed by atoms with Crippen LogP contribution in [0, 0.1) is 6.92 Å². The number of carbonyl (C=O) groups excluding carboxylic acids is 2. The molecule has 1 unspecified atom stereocenters. The summed E-state index contributed by atoms with van der Waals surface area (Å²) in [6.07, 6.45) is -0.0637. The fourth-order valence-corrected chi connectivity index (χ4v) is 5.87. The van der Waals surface area contributed by atoms with Gasteiger partial charge in [-0.15, -0.1) is 0 Å². The fraction of sp³-hybridized carbons (Fsp3) is 0.333. The highest BCUT2D eigenvalue weighted by Crippen LogP contribution is 2.42. The Morgan fingerprint density at radius 2 is 1.67 bits per heavy atom. The van der Waals surface area contributed by atoms with Gasteiger partial charge in [-0.3, -0.25) is 4.90 Å². The molecule has 42 heavy (non-hydrogen) atoms. The maximum absolute atomic E-state index is 13.8. The molecule has 1 aliphatic rings. The average molecular weight is 566 g/mol. The molecule has 0 aromatic heterocycles. The molecule has 5 rings (SSSR count). The highest BCUT2D eigenvalue weighted by Gasteiger charge is 2.36. The molecule has 0 bridgehead atoms. The molecule has 6 heteroatoms. The van der Waals surface area contributed by atoms with Crippen molar-refractivity contribution < 1.29 is 23.8 Å². The van der Waals surface area contributed by atoms with Crippen molar-refractivity contribution in [3.05, 3.63) is 113 Å². The normalized spacial score (nSPS) is 17.1. The van der Waals surface area contributed by atoms with E-state index in [0.29, 0.717) is 18.5 Å². The standard InChI is InChI=1S/C36H39NO5/c1-23-18-19-26(34(38)40-6)20-31(23)32-21-27(41-33-17-10-9-15-30(32)33)22-37(35(39)42-36(3,4)5)24(2)28-16-11-13-25-12-7-8-14-29(25)28/h7-20,24,27,32H,21-22H2,1-6H3/t24-,27-,32?/m1/s1.